The zero-order valence-electron chi connectivity index (χ0n) is 17.8. The topological polar surface area (TPSA) is 74.1 Å². The molecule has 7 nitrogen and oxygen atoms in total. The molecule has 1 unspecified atom stereocenters. The van der Waals surface area contributed by atoms with Crippen molar-refractivity contribution >= 4 is 16.6 Å². The molecule has 1 aliphatic heterocycles. The Morgan fingerprint density at radius 2 is 1.84 bits per heavy atom. The molecule has 1 aromatic carbocycles. The van der Waals surface area contributed by atoms with Gasteiger partial charge in [0.2, 0.25) is 0 Å². The van der Waals surface area contributed by atoms with Crippen LogP contribution in [0.3, 0.4) is 0 Å². The first-order valence-corrected chi connectivity index (χ1v) is 10.7. The van der Waals surface area contributed by atoms with E-state index >= 15 is 0 Å². The first kappa shape index (κ1) is 18.7. The molecule has 1 N–H and O–H groups in total. The molecule has 0 radical (unpaired) electrons. The van der Waals surface area contributed by atoms with Gasteiger partial charge in [-0.3, -0.25) is 13.9 Å². The van der Waals surface area contributed by atoms with Crippen molar-refractivity contribution in [1.82, 2.24) is 19.0 Å². The molecule has 7 heteroatoms. The van der Waals surface area contributed by atoms with Crippen LogP contribution in [0.1, 0.15) is 30.3 Å². The van der Waals surface area contributed by atoms with Gasteiger partial charge in [-0.05, 0) is 36.6 Å². The summed E-state index contributed by atoms with van der Waals surface area (Å²) in [6, 6.07) is 13.3. The van der Waals surface area contributed by atoms with E-state index in [-0.39, 0.29) is 17.3 Å². The summed E-state index contributed by atoms with van der Waals surface area (Å²) < 4.78 is 10.8. The van der Waals surface area contributed by atoms with E-state index in [4.69, 9.17) is 4.42 Å². The lowest BCUT2D eigenvalue weighted by Gasteiger charge is -2.32. The summed E-state index contributed by atoms with van der Waals surface area (Å²) >= 11 is 0. The molecule has 3 aromatic heterocycles. The summed E-state index contributed by atoms with van der Waals surface area (Å²) in [6.45, 7) is 0. The minimum absolute atomic E-state index is 0.296. The Morgan fingerprint density at radius 1 is 1.03 bits per heavy atom. The van der Waals surface area contributed by atoms with Crippen LogP contribution < -0.4 is 16.6 Å². The number of allylic oxidation sites excluding steroid dienone is 3. The number of aryl methyl sites for hydroxylation is 1. The normalized spacial score (nSPS) is 17.4. The number of benzene rings is 1. The van der Waals surface area contributed by atoms with Crippen molar-refractivity contribution in [2.45, 2.75) is 18.9 Å². The second-order valence-electron chi connectivity index (χ2n) is 8.26. The van der Waals surface area contributed by atoms with Crippen LogP contribution in [0.2, 0.25) is 0 Å². The van der Waals surface area contributed by atoms with Gasteiger partial charge in [0.25, 0.3) is 5.56 Å². The van der Waals surface area contributed by atoms with E-state index in [1.54, 1.807) is 17.9 Å². The minimum Gasteiger partial charge on any atom is -0.467 e. The Labute approximate surface area is 183 Å². The van der Waals surface area contributed by atoms with E-state index in [1.807, 2.05) is 42.5 Å². The summed E-state index contributed by atoms with van der Waals surface area (Å²) in [5.74, 6) is 0.726. The van der Waals surface area contributed by atoms with Gasteiger partial charge >= 0.3 is 5.69 Å². The number of nitrogens with one attached hydrogen (secondary N) is 1. The number of hydrogen-bond donors (Lipinski definition) is 1. The molecule has 1 atom stereocenters. The van der Waals surface area contributed by atoms with Crippen molar-refractivity contribution in [2.24, 2.45) is 14.1 Å². The Bertz CT molecular complexity index is 1550. The Kier molecular flexibility index (Phi) is 3.95. The lowest BCUT2D eigenvalue weighted by molar-refractivity contribution is 0.453. The highest BCUT2D eigenvalue weighted by molar-refractivity contribution is 5.99. The van der Waals surface area contributed by atoms with Gasteiger partial charge in [-0.15, -0.1) is 0 Å². The lowest BCUT2D eigenvalue weighted by Crippen LogP contribution is -2.37. The van der Waals surface area contributed by atoms with Crippen LogP contribution in [0.15, 0.2) is 80.6 Å². The van der Waals surface area contributed by atoms with Crippen LogP contribution in [0.5, 0.6) is 0 Å². The van der Waals surface area contributed by atoms with Crippen LogP contribution >= 0.6 is 0 Å². The second-order valence-corrected chi connectivity index (χ2v) is 8.26. The predicted molar refractivity (Wildman–Crippen MR) is 123 cm³/mol. The molecule has 4 heterocycles. The zero-order chi connectivity index (χ0) is 22.0. The Hall–Kier alpha value is -4.00. The van der Waals surface area contributed by atoms with Gasteiger partial charge in [0.05, 0.1) is 34.3 Å². The van der Waals surface area contributed by atoms with Crippen LogP contribution in [0.25, 0.3) is 27.9 Å². The molecule has 0 saturated heterocycles. The smallest absolute Gasteiger partial charge is 0.331 e. The molecule has 0 spiro atoms. The number of furan rings is 1. The zero-order valence-corrected chi connectivity index (χ0v) is 17.8. The number of rotatable bonds is 2. The highest BCUT2D eigenvalue weighted by Crippen LogP contribution is 2.44. The van der Waals surface area contributed by atoms with Gasteiger partial charge in [0.15, 0.2) is 0 Å². The van der Waals surface area contributed by atoms with Gasteiger partial charge in [0.1, 0.15) is 11.8 Å². The van der Waals surface area contributed by atoms with Gasteiger partial charge < -0.3 is 14.3 Å². The van der Waals surface area contributed by atoms with Gasteiger partial charge in [-0.2, -0.15) is 0 Å². The molecule has 0 fully saturated rings. The molecular formula is C25H22N4O3. The van der Waals surface area contributed by atoms with Crippen LogP contribution in [-0.2, 0) is 14.1 Å². The van der Waals surface area contributed by atoms with Crippen LogP contribution in [0.4, 0.5) is 0 Å². The van der Waals surface area contributed by atoms with E-state index in [2.05, 4.69) is 22.0 Å². The number of fused-ring (bicyclic) bond motifs is 4. The average Bonchev–Trinajstić information content (AvgIpc) is 3.48. The first-order chi connectivity index (χ1) is 15.6. The maximum atomic E-state index is 13.5. The molecule has 6 rings (SSSR count). The minimum atomic E-state index is -0.350. The number of nitrogens with zero attached hydrogens (tertiary/aromatic N) is 3. The predicted octanol–water partition coefficient (Wildman–Crippen LogP) is 3.51. The summed E-state index contributed by atoms with van der Waals surface area (Å²) in [4.78, 5) is 26.5. The average molecular weight is 426 g/mol. The maximum absolute atomic E-state index is 13.5. The van der Waals surface area contributed by atoms with Crippen molar-refractivity contribution in [2.75, 3.05) is 0 Å². The van der Waals surface area contributed by atoms with E-state index in [0.29, 0.717) is 10.9 Å². The van der Waals surface area contributed by atoms with E-state index in [1.165, 1.54) is 11.6 Å². The highest BCUT2D eigenvalue weighted by atomic mass is 16.3. The standard InChI is InChI=1S/C25H22N4O3/c1-27-22-19(24(30)28(2)25(27)31)21(15-9-4-3-5-10-15)29-17-12-7-6-11-16(17)26-20(23(22)29)18-13-8-14-32-18/h3-6,8-11,13-14,20,26H,7,12H2,1-2H3. The number of aromatic nitrogens is 3. The van der Waals surface area contributed by atoms with E-state index < -0.39 is 0 Å². The monoisotopic (exact) mass is 426 g/mol. The molecule has 32 heavy (non-hydrogen) atoms. The van der Waals surface area contributed by atoms with Crippen LogP contribution in [0, 0.1) is 0 Å². The van der Waals surface area contributed by atoms with Crippen molar-refractivity contribution in [3.05, 3.63) is 98.9 Å². The molecule has 2 aliphatic rings. The fraction of sp³-hybridized carbons (Fsp3) is 0.200. The Morgan fingerprint density at radius 3 is 2.59 bits per heavy atom. The third-order valence-corrected chi connectivity index (χ3v) is 6.47. The summed E-state index contributed by atoms with van der Waals surface area (Å²) in [5, 5.41) is 4.15. The largest absolute Gasteiger partial charge is 0.467 e. The van der Waals surface area contributed by atoms with Gasteiger partial charge in [0, 0.05) is 19.8 Å². The molecule has 4 aromatic rings. The van der Waals surface area contributed by atoms with Crippen molar-refractivity contribution in [3.8, 4) is 11.3 Å². The maximum Gasteiger partial charge on any atom is 0.331 e. The van der Waals surface area contributed by atoms with Gasteiger partial charge in [-0.25, -0.2) is 4.79 Å². The highest BCUT2D eigenvalue weighted by Gasteiger charge is 2.36. The SMILES string of the molecule is Cn1c(=O)c2c(-c3ccccc3)n3c(c2n(C)c1=O)C(c1ccco1)NC1=C3CCC=C1. The summed E-state index contributed by atoms with van der Waals surface area (Å²) in [5.41, 5.74) is 4.67. The fourth-order valence-corrected chi connectivity index (χ4v) is 5.01. The molecule has 160 valence electrons. The third-order valence-electron chi connectivity index (χ3n) is 6.47. The van der Waals surface area contributed by atoms with Crippen molar-refractivity contribution in [3.63, 3.8) is 0 Å². The fourth-order valence-electron chi connectivity index (χ4n) is 5.01. The summed E-state index contributed by atoms with van der Waals surface area (Å²) in [7, 11) is 3.26. The molecule has 0 saturated carbocycles. The second kappa shape index (κ2) is 6.75. The third kappa shape index (κ3) is 2.42. The van der Waals surface area contributed by atoms with Crippen LogP contribution in [-0.4, -0.2) is 13.7 Å². The lowest BCUT2D eigenvalue weighted by atomic mass is 10.0. The first-order valence-electron chi connectivity index (χ1n) is 10.7. The quantitative estimate of drug-likeness (QED) is 0.532. The van der Waals surface area contributed by atoms with E-state index in [0.717, 1.165) is 46.9 Å². The molecular weight excluding hydrogens is 404 g/mol. The molecule has 0 amide bonds. The molecule has 1 aliphatic carbocycles. The van der Waals surface area contributed by atoms with E-state index in [9.17, 15) is 9.59 Å². The Balaban J connectivity index is 1.87. The van der Waals surface area contributed by atoms with Crippen molar-refractivity contribution < 1.29 is 4.42 Å². The molecule has 0 bridgehead atoms. The number of hydrogen-bond acceptors (Lipinski definition) is 4. The van der Waals surface area contributed by atoms with Crippen molar-refractivity contribution in [1.29, 1.82) is 0 Å². The summed E-state index contributed by atoms with van der Waals surface area (Å²) in [6.07, 6.45) is 7.62. The van der Waals surface area contributed by atoms with Gasteiger partial charge in [-0.1, -0.05) is 36.4 Å².